The normalized spacial score (nSPS) is 12.9. The zero-order chi connectivity index (χ0) is 14.1. The Morgan fingerprint density at radius 3 is 2.10 bits per heavy atom. The minimum absolute atomic E-state index is 0.597. The van der Waals surface area contributed by atoms with E-state index in [4.69, 9.17) is 10.6 Å². The molecule has 2 aromatic carbocycles. The number of hydroxylamine groups is 1. The Labute approximate surface area is 118 Å². The molecule has 1 aliphatic heterocycles. The van der Waals surface area contributed by atoms with Gasteiger partial charge in [0.1, 0.15) is 0 Å². The van der Waals surface area contributed by atoms with Gasteiger partial charge < -0.3 is 4.74 Å². The summed E-state index contributed by atoms with van der Waals surface area (Å²) in [6.45, 7) is 0. The highest BCUT2D eigenvalue weighted by molar-refractivity contribution is 7.95. The third-order valence-corrected chi connectivity index (χ3v) is 4.82. The van der Waals surface area contributed by atoms with Crippen molar-refractivity contribution >= 4 is 17.1 Å². The third kappa shape index (κ3) is 1.97. The molecule has 7 heteroatoms. The number of fused-ring (bicyclic) bond motifs is 2. The fourth-order valence-corrected chi connectivity index (χ4v) is 3.79. The molecule has 2 aromatic rings. The first kappa shape index (κ1) is 12.8. The number of hydrazine groups is 1. The molecule has 0 saturated carbocycles. The molecular weight excluding hydrogens is 278 g/mol. The molecule has 4 N–H and O–H groups in total. The quantitative estimate of drug-likeness (QED) is 0.246. The van der Waals surface area contributed by atoms with Crippen LogP contribution in [0, 0.1) is 0 Å². The molecule has 0 aliphatic carbocycles. The molecule has 0 unspecified atom stereocenters. The molecule has 0 radical (unpaired) electrons. The van der Waals surface area contributed by atoms with Crippen molar-refractivity contribution in [1.29, 1.82) is 0 Å². The van der Waals surface area contributed by atoms with E-state index in [1.807, 2.05) is 29.7 Å². The Morgan fingerprint density at radius 1 is 1.10 bits per heavy atom. The second-order valence-corrected chi connectivity index (χ2v) is 5.80. The van der Waals surface area contributed by atoms with E-state index in [-0.39, 0.29) is 0 Å². The monoisotopic (exact) mass is 290 g/mol. The summed E-state index contributed by atoms with van der Waals surface area (Å²) in [5.41, 5.74) is 1.93. The Kier molecular flexibility index (Phi) is 3.23. The van der Waals surface area contributed by atoms with E-state index < -0.39 is 17.1 Å². The number of amides is 2. The summed E-state index contributed by atoms with van der Waals surface area (Å²) in [6.07, 6.45) is 0. The molecule has 0 atom stereocenters. The molecule has 1 aliphatic rings. The van der Waals surface area contributed by atoms with E-state index in [1.165, 1.54) is 0 Å². The predicted molar refractivity (Wildman–Crippen MR) is 73.2 cm³/mol. The minimum Gasteiger partial charge on any atom is -0.447 e. The number of nitrogens with one attached hydrogen (secondary N) is 1. The van der Waals surface area contributed by atoms with Crippen molar-refractivity contribution in [2.45, 2.75) is 9.79 Å². The summed E-state index contributed by atoms with van der Waals surface area (Å²) in [4.78, 5) is 13.1. The zero-order valence-corrected chi connectivity index (χ0v) is 11.1. The Hall–Kier alpha value is -2.22. The van der Waals surface area contributed by atoms with Crippen molar-refractivity contribution in [2.75, 3.05) is 0 Å². The highest BCUT2D eigenvalue weighted by Gasteiger charge is 2.45. The number of ether oxygens (including phenoxy) is 1. The number of hydrogen-bond acceptors (Lipinski definition) is 4. The summed E-state index contributed by atoms with van der Waals surface area (Å²) >= 11 is -0.997. The van der Waals surface area contributed by atoms with Gasteiger partial charge in [-0.2, -0.15) is 0 Å². The van der Waals surface area contributed by atoms with Gasteiger partial charge in [0, 0.05) is 16.6 Å². The number of carbonyl (C=O) groups is 1. The van der Waals surface area contributed by atoms with E-state index in [2.05, 4.69) is 0 Å². The van der Waals surface area contributed by atoms with Crippen LogP contribution in [-0.2, 0) is 11.1 Å². The maximum Gasteiger partial charge on any atom is 0.401 e. The second-order valence-electron chi connectivity index (χ2n) is 4.00. The van der Waals surface area contributed by atoms with Gasteiger partial charge in [0.05, 0.1) is 0 Å². The van der Waals surface area contributed by atoms with Crippen molar-refractivity contribution in [1.82, 2.24) is 9.89 Å². The van der Waals surface area contributed by atoms with Crippen LogP contribution in [0.2, 0.25) is 0 Å². The van der Waals surface area contributed by atoms with Crippen LogP contribution in [-0.4, -0.2) is 15.7 Å². The Morgan fingerprint density at radius 2 is 1.60 bits per heavy atom. The molecule has 0 aromatic heterocycles. The van der Waals surface area contributed by atoms with Crippen LogP contribution >= 0.6 is 0 Å². The van der Waals surface area contributed by atoms with Gasteiger partial charge in [0.15, 0.2) is 11.5 Å². The van der Waals surface area contributed by atoms with Crippen molar-refractivity contribution < 1.29 is 14.7 Å². The average molecular weight is 290 g/mol. The van der Waals surface area contributed by atoms with Gasteiger partial charge >= 0.3 is 6.03 Å². The topological polar surface area (TPSA) is 87.8 Å². The van der Waals surface area contributed by atoms with E-state index in [0.717, 1.165) is 9.79 Å². The highest BCUT2D eigenvalue weighted by Crippen LogP contribution is 2.44. The summed E-state index contributed by atoms with van der Waals surface area (Å²) < 4.78 is 6.37. The van der Waals surface area contributed by atoms with E-state index in [9.17, 15) is 10.0 Å². The third-order valence-electron chi connectivity index (χ3n) is 2.80. The summed E-state index contributed by atoms with van der Waals surface area (Å²) in [6, 6.07) is 13.7. The SMILES string of the molecule is NNC(=O)N(O)[S+]1c2ccccc2Oc2ccccc21. The lowest BCUT2D eigenvalue weighted by Gasteiger charge is -2.21. The van der Waals surface area contributed by atoms with Gasteiger partial charge in [-0.05, 0) is 12.1 Å². The van der Waals surface area contributed by atoms with Gasteiger partial charge in [0.2, 0.25) is 20.9 Å². The van der Waals surface area contributed by atoms with Crippen molar-refractivity contribution in [3.05, 3.63) is 48.5 Å². The number of nitrogens with two attached hydrogens (primary N) is 1. The van der Waals surface area contributed by atoms with E-state index >= 15 is 0 Å². The van der Waals surface area contributed by atoms with Crippen LogP contribution in [0.25, 0.3) is 0 Å². The van der Waals surface area contributed by atoms with Crippen LogP contribution in [0.3, 0.4) is 0 Å². The zero-order valence-electron chi connectivity index (χ0n) is 10.3. The molecule has 6 nitrogen and oxygen atoms in total. The summed E-state index contributed by atoms with van der Waals surface area (Å²) in [5, 5.41) is 10.1. The second kappa shape index (κ2) is 5.04. The number of rotatable bonds is 1. The minimum atomic E-state index is -0.997. The van der Waals surface area contributed by atoms with Gasteiger partial charge in [-0.15, -0.1) is 0 Å². The fourth-order valence-electron chi connectivity index (χ4n) is 1.95. The number of benzene rings is 2. The summed E-state index contributed by atoms with van der Waals surface area (Å²) in [5.74, 6) is 6.31. The molecule has 102 valence electrons. The number of carbonyl (C=O) groups excluding carboxylic acids is 1. The first-order valence-corrected chi connectivity index (χ1v) is 7.00. The number of nitrogens with zero attached hydrogens (tertiary/aromatic N) is 1. The van der Waals surface area contributed by atoms with Crippen molar-refractivity contribution in [2.24, 2.45) is 5.84 Å². The fraction of sp³-hybridized carbons (Fsp3) is 0. The lowest BCUT2D eigenvalue weighted by Crippen LogP contribution is -2.45. The van der Waals surface area contributed by atoms with E-state index in [0.29, 0.717) is 16.0 Å². The van der Waals surface area contributed by atoms with Gasteiger partial charge in [-0.1, -0.05) is 24.3 Å². The maximum atomic E-state index is 11.6. The average Bonchev–Trinajstić information content (AvgIpc) is 2.51. The largest absolute Gasteiger partial charge is 0.447 e. The van der Waals surface area contributed by atoms with Crippen LogP contribution in [0.4, 0.5) is 4.79 Å². The molecule has 0 spiro atoms. The number of urea groups is 1. The molecule has 0 fully saturated rings. The maximum absolute atomic E-state index is 11.6. The molecule has 0 saturated heterocycles. The Bertz CT molecular complexity index is 619. The van der Waals surface area contributed by atoms with Crippen LogP contribution < -0.4 is 16.0 Å². The number of para-hydroxylation sites is 2. The molecular formula is C13H12N3O3S+. The van der Waals surface area contributed by atoms with Gasteiger partial charge in [-0.3, -0.25) is 5.43 Å². The Balaban J connectivity index is 2.15. The predicted octanol–water partition coefficient (Wildman–Crippen LogP) is 2.02. The highest BCUT2D eigenvalue weighted by atomic mass is 32.2. The van der Waals surface area contributed by atoms with Crippen LogP contribution in [0.1, 0.15) is 0 Å². The van der Waals surface area contributed by atoms with Crippen LogP contribution in [0.15, 0.2) is 58.3 Å². The molecule has 20 heavy (non-hydrogen) atoms. The lowest BCUT2D eigenvalue weighted by atomic mass is 10.3. The molecule has 1 heterocycles. The summed E-state index contributed by atoms with van der Waals surface area (Å²) in [7, 11) is 0. The first-order chi connectivity index (χ1) is 9.72. The van der Waals surface area contributed by atoms with Gasteiger partial charge in [-0.25, -0.2) is 15.8 Å². The van der Waals surface area contributed by atoms with E-state index in [1.54, 1.807) is 24.3 Å². The number of hydrogen-bond donors (Lipinski definition) is 3. The van der Waals surface area contributed by atoms with Gasteiger partial charge in [0.25, 0.3) is 0 Å². The van der Waals surface area contributed by atoms with Crippen LogP contribution in [0.5, 0.6) is 11.5 Å². The van der Waals surface area contributed by atoms with Crippen molar-refractivity contribution in [3.8, 4) is 11.5 Å². The smallest absolute Gasteiger partial charge is 0.401 e. The molecule has 2 amide bonds. The molecule has 0 bridgehead atoms. The van der Waals surface area contributed by atoms with Crippen molar-refractivity contribution in [3.63, 3.8) is 0 Å². The first-order valence-electron chi connectivity index (χ1n) is 5.82. The molecule has 3 rings (SSSR count). The standard InChI is InChI=1S/C13H11N3O3S/c14-15-13(17)16(18)20-11-7-3-1-5-9(11)19-10-6-2-4-8-12(10)20/h1-8,18H,14H2/p+1. The lowest BCUT2D eigenvalue weighted by molar-refractivity contribution is 0.0479.